The maximum absolute atomic E-state index is 6.85. The Morgan fingerprint density at radius 2 is 1.10 bits per heavy atom. The van der Waals surface area contributed by atoms with Gasteiger partial charge < -0.3 is 14.2 Å². The van der Waals surface area contributed by atoms with Crippen molar-refractivity contribution in [1.82, 2.24) is 0 Å². The van der Waals surface area contributed by atoms with E-state index in [1.54, 1.807) is 0 Å². The molecule has 0 amide bonds. The van der Waals surface area contributed by atoms with Gasteiger partial charge in [-0.05, 0) is 59.1 Å². The molecule has 2 aromatic carbocycles. The molecular formula is C26H34O3. The van der Waals surface area contributed by atoms with Crippen LogP contribution in [0, 0.1) is 13.8 Å². The lowest BCUT2D eigenvalue weighted by atomic mass is 9.92. The quantitative estimate of drug-likeness (QED) is 0.504. The topological polar surface area (TPSA) is 34.3 Å². The van der Waals surface area contributed by atoms with Crippen molar-refractivity contribution < 1.29 is 14.2 Å². The molecule has 0 spiro atoms. The van der Waals surface area contributed by atoms with Crippen LogP contribution in [-0.2, 0) is 14.2 Å². The van der Waals surface area contributed by atoms with Crippen LogP contribution in [-0.4, -0.2) is 25.4 Å². The van der Waals surface area contributed by atoms with Crippen molar-refractivity contribution in [2.24, 2.45) is 0 Å². The van der Waals surface area contributed by atoms with Crippen LogP contribution in [0.2, 0.25) is 0 Å². The third kappa shape index (κ3) is 4.58. The molecular weight excluding hydrogens is 360 g/mol. The van der Waals surface area contributed by atoms with Gasteiger partial charge >= 0.3 is 0 Å². The average Bonchev–Trinajstić information content (AvgIpc) is 3.57. The molecule has 4 rings (SSSR count). The lowest BCUT2D eigenvalue weighted by Gasteiger charge is -2.27. The Balaban J connectivity index is 1.69. The number of ether oxygens (including phenoxy) is 3. The lowest BCUT2D eigenvalue weighted by Crippen LogP contribution is -2.21. The van der Waals surface area contributed by atoms with Gasteiger partial charge in [0, 0.05) is 0 Å². The molecule has 2 saturated heterocycles. The van der Waals surface area contributed by atoms with Crippen molar-refractivity contribution in [3.8, 4) is 0 Å². The molecule has 2 aromatic rings. The van der Waals surface area contributed by atoms with E-state index in [1.807, 2.05) is 0 Å². The molecule has 3 nitrogen and oxygen atoms in total. The zero-order valence-electron chi connectivity index (χ0n) is 18.6. The maximum Gasteiger partial charge on any atom is 0.112 e. The van der Waals surface area contributed by atoms with Crippen LogP contribution in [0.5, 0.6) is 0 Å². The second-order valence-corrected chi connectivity index (χ2v) is 9.26. The highest BCUT2D eigenvalue weighted by Crippen LogP contribution is 2.42. The number of aryl methyl sites for hydroxylation is 2. The van der Waals surface area contributed by atoms with E-state index in [0.29, 0.717) is 11.8 Å². The first kappa shape index (κ1) is 20.6. The SMILES string of the molecule is Cc1ccc(C(C)C)cc1C(OC(c1cc(C(C)C)ccc1C)C1CO1)C1CO1. The van der Waals surface area contributed by atoms with E-state index in [2.05, 4.69) is 77.9 Å². The molecule has 156 valence electrons. The molecule has 4 unspecified atom stereocenters. The predicted octanol–water partition coefficient (Wildman–Crippen LogP) is 6.15. The molecule has 2 aliphatic rings. The van der Waals surface area contributed by atoms with Crippen molar-refractivity contribution in [3.05, 3.63) is 69.8 Å². The van der Waals surface area contributed by atoms with Crippen molar-refractivity contribution in [1.29, 1.82) is 0 Å². The van der Waals surface area contributed by atoms with Gasteiger partial charge in [0.15, 0.2) is 0 Å². The zero-order chi connectivity index (χ0) is 20.7. The fourth-order valence-corrected chi connectivity index (χ4v) is 3.99. The van der Waals surface area contributed by atoms with Gasteiger partial charge in [0.2, 0.25) is 0 Å². The van der Waals surface area contributed by atoms with Crippen LogP contribution in [0.25, 0.3) is 0 Å². The van der Waals surface area contributed by atoms with Gasteiger partial charge in [-0.2, -0.15) is 0 Å². The second kappa shape index (κ2) is 8.22. The molecule has 0 N–H and O–H groups in total. The third-order valence-corrected chi connectivity index (χ3v) is 6.24. The molecule has 4 atom stereocenters. The highest BCUT2D eigenvalue weighted by Gasteiger charge is 2.43. The molecule has 2 aliphatic heterocycles. The molecule has 2 fully saturated rings. The van der Waals surface area contributed by atoms with Crippen LogP contribution >= 0.6 is 0 Å². The number of rotatable bonds is 8. The Bertz CT molecular complexity index is 791. The normalized spacial score (nSPS) is 22.8. The first-order chi connectivity index (χ1) is 13.8. The zero-order valence-corrected chi connectivity index (χ0v) is 18.6. The third-order valence-electron chi connectivity index (χ3n) is 6.24. The summed E-state index contributed by atoms with van der Waals surface area (Å²) in [6.07, 6.45) is 0.131. The fourth-order valence-electron chi connectivity index (χ4n) is 3.99. The average molecular weight is 395 g/mol. The summed E-state index contributed by atoms with van der Waals surface area (Å²) in [6.45, 7) is 14.8. The summed E-state index contributed by atoms with van der Waals surface area (Å²) >= 11 is 0. The largest absolute Gasteiger partial charge is 0.370 e. The van der Waals surface area contributed by atoms with Gasteiger partial charge in [-0.15, -0.1) is 0 Å². The van der Waals surface area contributed by atoms with Gasteiger partial charge in [-0.3, -0.25) is 0 Å². The monoisotopic (exact) mass is 394 g/mol. The second-order valence-electron chi connectivity index (χ2n) is 9.26. The van der Waals surface area contributed by atoms with E-state index in [0.717, 1.165) is 13.2 Å². The maximum atomic E-state index is 6.85. The minimum absolute atomic E-state index is 0.0648. The van der Waals surface area contributed by atoms with Crippen LogP contribution in [0.4, 0.5) is 0 Å². The molecule has 0 saturated carbocycles. The summed E-state index contributed by atoms with van der Waals surface area (Å²) in [5, 5.41) is 0. The summed E-state index contributed by atoms with van der Waals surface area (Å²) in [4.78, 5) is 0. The minimum atomic E-state index is -0.0648. The van der Waals surface area contributed by atoms with Crippen LogP contribution in [0.15, 0.2) is 36.4 Å². The highest BCUT2D eigenvalue weighted by atomic mass is 16.6. The first-order valence-corrected chi connectivity index (χ1v) is 10.9. The van der Waals surface area contributed by atoms with Crippen molar-refractivity contribution >= 4 is 0 Å². The van der Waals surface area contributed by atoms with Crippen molar-refractivity contribution in [3.63, 3.8) is 0 Å². The number of benzene rings is 2. The van der Waals surface area contributed by atoms with E-state index >= 15 is 0 Å². The van der Waals surface area contributed by atoms with Gasteiger partial charge in [0.05, 0.1) is 13.2 Å². The Labute approximate surface area is 175 Å². The number of epoxide rings is 2. The Kier molecular flexibility index (Phi) is 5.83. The standard InChI is InChI=1S/C26H34O3/c1-15(2)19-9-7-17(5)21(11-19)25(23-13-27-23)29-26(24-14-28-24)22-12-20(16(3)4)10-8-18(22)6/h7-12,15-16,23-26H,13-14H2,1-6H3. The Morgan fingerprint density at radius 1 is 0.724 bits per heavy atom. The van der Waals surface area contributed by atoms with Crippen LogP contribution in [0.1, 0.15) is 85.1 Å². The predicted molar refractivity (Wildman–Crippen MR) is 117 cm³/mol. The highest BCUT2D eigenvalue weighted by molar-refractivity contribution is 5.37. The van der Waals surface area contributed by atoms with Crippen LogP contribution < -0.4 is 0 Å². The van der Waals surface area contributed by atoms with E-state index < -0.39 is 0 Å². The lowest BCUT2D eigenvalue weighted by molar-refractivity contribution is -0.0425. The van der Waals surface area contributed by atoms with E-state index in [9.17, 15) is 0 Å². The van der Waals surface area contributed by atoms with Crippen LogP contribution in [0.3, 0.4) is 0 Å². The smallest absolute Gasteiger partial charge is 0.112 e. The van der Waals surface area contributed by atoms with Gasteiger partial charge in [0.1, 0.15) is 24.4 Å². The van der Waals surface area contributed by atoms with Gasteiger partial charge in [0.25, 0.3) is 0 Å². The van der Waals surface area contributed by atoms with E-state index in [1.165, 1.54) is 33.4 Å². The summed E-state index contributed by atoms with van der Waals surface area (Å²) in [6, 6.07) is 13.5. The molecule has 0 aliphatic carbocycles. The van der Waals surface area contributed by atoms with Gasteiger partial charge in [-0.25, -0.2) is 0 Å². The molecule has 0 aromatic heterocycles. The summed E-state index contributed by atoms with van der Waals surface area (Å²) in [5.41, 5.74) is 7.72. The van der Waals surface area contributed by atoms with E-state index in [-0.39, 0.29) is 24.4 Å². The van der Waals surface area contributed by atoms with Gasteiger partial charge in [-0.1, -0.05) is 64.1 Å². The minimum Gasteiger partial charge on any atom is -0.370 e. The van der Waals surface area contributed by atoms with E-state index in [4.69, 9.17) is 14.2 Å². The fraction of sp³-hybridized carbons (Fsp3) is 0.538. The molecule has 3 heteroatoms. The number of hydrogen-bond acceptors (Lipinski definition) is 3. The molecule has 29 heavy (non-hydrogen) atoms. The summed E-state index contributed by atoms with van der Waals surface area (Å²) < 4.78 is 18.3. The van der Waals surface area contributed by atoms with Crippen molar-refractivity contribution in [2.45, 2.75) is 77.8 Å². The Morgan fingerprint density at radius 3 is 1.41 bits per heavy atom. The summed E-state index contributed by atoms with van der Waals surface area (Å²) in [5.74, 6) is 0.977. The first-order valence-electron chi connectivity index (χ1n) is 10.9. The number of hydrogen-bond donors (Lipinski definition) is 0. The summed E-state index contributed by atoms with van der Waals surface area (Å²) in [7, 11) is 0. The molecule has 2 heterocycles. The molecule has 0 radical (unpaired) electrons. The molecule has 0 bridgehead atoms. The Hall–Kier alpha value is -1.68. The van der Waals surface area contributed by atoms with Crippen molar-refractivity contribution in [2.75, 3.05) is 13.2 Å².